The summed E-state index contributed by atoms with van der Waals surface area (Å²) in [6, 6.07) is 10.9. The molecule has 0 saturated carbocycles. The van der Waals surface area contributed by atoms with Crippen LogP contribution in [-0.2, 0) is 6.18 Å². The van der Waals surface area contributed by atoms with E-state index in [0.29, 0.717) is 10.6 Å². The second-order valence-corrected chi connectivity index (χ2v) is 6.23. The molecule has 130 valence electrons. The van der Waals surface area contributed by atoms with E-state index in [1.165, 1.54) is 30.3 Å². The van der Waals surface area contributed by atoms with Gasteiger partial charge in [0.15, 0.2) is 0 Å². The molecule has 0 fully saturated rings. The molecule has 1 heterocycles. The maximum atomic E-state index is 13.5. The van der Waals surface area contributed by atoms with Crippen molar-refractivity contribution >= 4 is 11.6 Å². The first kappa shape index (κ1) is 17.4. The summed E-state index contributed by atoms with van der Waals surface area (Å²) in [6.07, 6.45) is -4.69. The van der Waals surface area contributed by atoms with Crippen molar-refractivity contribution in [3.63, 3.8) is 0 Å². The largest absolute Gasteiger partial charge is 0.433 e. The Kier molecular flexibility index (Phi) is 4.24. The number of hydrogen-bond donors (Lipinski definition) is 1. The fourth-order valence-electron chi connectivity index (χ4n) is 2.76. The van der Waals surface area contributed by atoms with Crippen LogP contribution in [0.1, 0.15) is 16.8 Å². The van der Waals surface area contributed by atoms with Crippen LogP contribution in [-0.4, -0.2) is 9.78 Å². The monoisotopic (exact) mass is 366 g/mol. The number of alkyl halides is 3. The van der Waals surface area contributed by atoms with Gasteiger partial charge in [-0.3, -0.25) is 9.89 Å². The minimum Gasteiger partial charge on any atom is -0.286 e. The Bertz CT molecular complexity index is 985. The van der Waals surface area contributed by atoms with Gasteiger partial charge < -0.3 is 0 Å². The molecule has 0 unspecified atom stereocenters. The van der Waals surface area contributed by atoms with Crippen molar-refractivity contribution in [2.45, 2.75) is 20.0 Å². The second kappa shape index (κ2) is 6.11. The van der Waals surface area contributed by atoms with Gasteiger partial charge in [0.2, 0.25) is 0 Å². The van der Waals surface area contributed by atoms with E-state index in [2.05, 4.69) is 5.10 Å². The number of hydrogen-bond acceptors (Lipinski definition) is 1. The summed E-state index contributed by atoms with van der Waals surface area (Å²) in [6.45, 7) is 3.52. The van der Waals surface area contributed by atoms with Crippen LogP contribution < -0.4 is 5.56 Å². The molecule has 7 heteroatoms. The maximum Gasteiger partial charge on any atom is 0.433 e. The molecule has 0 aliphatic heterocycles. The second-order valence-electron chi connectivity index (χ2n) is 5.79. The van der Waals surface area contributed by atoms with Gasteiger partial charge in [-0.25, -0.2) is 4.68 Å². The first-order chi connectivity index (χ1) is 11.7. The molecular weight excluding hydrogens is 353 g/mol. The Balaban J connectivity index is 2.30. The highest BCUT2D eigenvalue weighted by atomic mass is 35.5. The molecule has 0 radical (unpaired) electrons. The molecule has 0 aliphatic carbocycles. The lowest BCUT2D eigenvalue weighted by atomic mass is 9.99. The van der Waals surface area contributed by atoms with E-state index < -0.39 is 17.4 Å². The minimum atomic E-state index is -4.69. The average molecular weight is 367 g/mol. The predicted octanol–water partition coefficient (Wildman–Crippen LogP) is 5.12. The number of aromatic amines is 1. The van der Waals surface area contributed by atoms with Crippen LogP contribution in [0.5, 0.6) is 0 Å². The van der Waals surface area contributed by atoms with E-state index in [4.69, 9.17) is 11.6 Å². The number of benzene rings is 2. The van der Waals surface area contributed by atoms with Crippen molar-refractivity contribution in [1.82, 2.24) is 9.78 Å². The van der Waals surface area contributed by atoms with Crippen LogP contribution in [0.15, 0.2) is 47.3 Å². The highest BCUT2D eigenvalue weighted by Gasteiger charge is 2.38. The lowest BCUT2D eigenvalue weighted by molar-refractivity contribution is -0.140. The Morgan fingerprint density at radius 3 is 2.24 bits per heavy atom. The molecule has 0 amide bonds. The summed E-state index contributed by atoms with van der Waals surface area (Å²) in [5.74, 6) is 0. The lowest BCUT2D eigenvalue weighted by Gasteiger charge is -2.09. The summed E-state index contributed by atoms with van der Waals surface area (Å²) in [5, 5.41) is 2.63. The zero-order chi connectivity index (χ0) is 18.4. The zero-order valence-corrected chi connectivity index (χ0v) is 14.2. The summed E-state index contributed by atoms with van der Waals surface area (Å²) in [5.41, 5.74) is -0.183. The van der Waals surface area contributed by atoms with E-state index in [1.54, 1.807) is 19.1 Å². The number of rotatable bonds is 2. The summed E-state index contributed by atoms with van der Waals surface area (Å²) in [4.78, 5) is 12.8. The van der Waals surface area contributed by atoms with Gasteiger partial charge in [-0.15, -0.1) is 0 Å². The Hall–Kier alpha value is -2.47. The third-order valence-corrected chi connectivity index (χ3v) is 4.16. The van der Waals surface area contributed by atoms with Gasteiger partial charge in [0, 0.05) is 5.02 Å². The molecular formula is C18H14ClF3N2O. The molecule has 0 atom stereocenters. The van der Waals surface area contributed by atoms with Crippen LogP contribution >= 0.6 is 11.6 Å². The van der Waals surface area contributed by atoms with Crippen LogP contribution in [0, 0.1) is 13.8 Å². The van der Waals surface area contributed by atoms with Crippen molar-refractivity contribution in [3.8, 4) is 16.8 Å². The number of halogens is 4. The van der Waals surface area contributed by atoms with Crippen molar-refractivity contribution in [2.24, 2.45) is 0 Å². The lowest BCUT2D eigenvalue weighted by Crippen LogP contribution is -2.15. The highest BCUT2D eigenvalue weighted by Crippen LogP contribution is 2.35. The third-order valence-electron chi connectivity index (χ3n) is 3.91. The number of H-pyrrole nitrogens is 1. The fraction of sp³-hybridized carbons (Fsp3) is 0.167. The number of aromatic nitrogens is 2. The van der Waals surface area contributed by atoms with Gasteiger partial charge >= 0.3 is 6.18 Å². The van der Waals surface area contributed by atoms with Crippen LogP contribution in [0.4, 0.5) is 13.2 Å². The molecule has 3 rings (SSSR count). The van der Waals surface area contributed by atoms with Gasteiger partial charge in [0.25, 0.3) is 5.56 Å². The normalized spacial score (nSPS) is 11.8. The van der Waals surface area contributed by atoms with Gasteiger partial charge in [-0.2, -0.15) is 13.2 Å². The van der Waals surface area contributed by atoms with Gasteiger partial charge in [0.1, 0.15) is 5.69 Å². The first-order valence-corrected chi connectivity index (χ1v) is 7.82. The first-order valence-electron chi connectivity index (χ1n) is 7.44. The van der Waals surface area contributed by atoms with Gasteiger partial charge in [-0.05, 0) is 49.2 Å². The van der Waals surface area contributed by atoms with Crippen molar-refractivity contribution in [1.29, 1.82) is 0 Å². The molecule has 0 bridgehead atoms. The molecule has 25 heavy (non-hydrogen) atoms. The molecule has 1 aromatic heterocycles. The van der Waals surface area contributed by atoms with Crippen LogP contribution in [0.3, 0.4) is 0 Å². The zero-order valence-electron chi connectivity index (χ0n) is 13.4. The van der Waals surface area contributed by atoms with E-state index in [1.807, 2.05) is 6.92 Å². The Morgan fingerprint density at radius 1 is 1.04 bits per heavy atom. The smallest absolute Gasteiger partial charge is 0.286 e. The summed E-state index contributed by atoms with van der Waals surface area (Å²) < 4.78 is 41.4. The molecule has 2 aromatic carbocycles. The quantitative estimate of drug-likeness (QED) is 0.671. The molecule has 0 spiro atoms. The van der Waals surface area contributed by atoms with Gasteiger partial charge in [0.05, 0.1) is 11.3 Å². The van der Waals surface area contributed by atoms with E-state index in [0.717, 1.165) is 10.2 Å². The van der Waals surface area contributed by atoms with E-state index in [9.17, 15) is 18.0 Å². The maximum absolute atomic E-state index is 13.5. The Labute approximate surface area is 146 Å². The van der Waals surface area contributed by atoms with Crippen molar-refractivity contribution in [3.05, 3.63) is 74.7 Å². The number of aryl methyl sites for hydroxylation is 2. The predicted molar refractivity (Wildman–Crippen MR) is 91.3 cm³/mol. The van der Waals surface area contributed by atoms with Crippen molar-refractivity contribution in [2.75, 3.05) is 0 Å². The SMILES string of the molecule is Cc1ccc(-c2c(C(F)(F)F)[nH]n(-c3ccc(Cl)cc3)c2=O)c(C)c1. The highest BCUT2D eigenvalue weighted by molar-refractivity contribution is 6.30. The van der Waals surface area contributed by atoms with Crippen molar-refractivity contribution < 1.29 is 13.2 Å². The molecule has 0 saturated heterocycles. The summed E-state index contributed by atoms with van der Waals surface area (Å²) >= 11 is 5.80. The fourth-order valence-corrected chi connectivity index (χ4v) is 2.88. The third kappa shape index (κ3) is 3.22. The molecule has 1 N–H and O–H groups in total. The minimum absolute atomic E-state index is 0.256. The van der Waals surface area contributed by atoms with Crippen LogP contribution in [0.2, 0.25) is 5.02 Å². The molecule has 3 nitrogen and oxygen atoms in total. The molecule has 0 aliphatic rings. The molecule has 3 aromatic rings. The summed E-state index contributed by atoms with van der Waals surface area (Å²) in [7, 11) is 0. The Morgan fingerprint density at radius 2 is 1.68 bits per heavy atom. The standard InChI is InChI=1S/C18H14ClF3N2O/c1-10-3-8-14(11(2)9-10)15-16(18(20,21)22)23-24(17(15)25)13-6-4-12(19)5-7-13/h3-9,23H,1-2H3. The van der Waals surface area contributed by atoms with Gasteiger partial charge in [-0.1, -0.05) is 35.4 Å². The van der Waals surface area contributed by atoms with Crippen LogP contribution in [0.25, 0.3) is 16.8 Å². The average Bonchev–Trinajstić information content (AvgIpc) is 2.86. The number of nitrogens with one attached hydrogen (secondary N) is 1. The number of nitrogens with zero attached hydrogens (tertiary/aromatic N) is 1. The topological polar surface area (TPSA) is 37.8 Å². The van der Waals surface area contributed by atoms with E-state index >= 15 is 0 Å². The van der Waals surface area contributed by atoms with E-state index in [-0.39, 0.29) is 16.8 Å².